The predicted octanol–water partition coefficient (Wildman–Crippen LogP) is 5.10. The van der Waals surface area contributed by atoms with Crippen LogP contribution in [0.3, 0.4) is 0 Å². The second-order valence-electron chi connectivity index (χ2n) is 3.75. The molecule has 2 aromatic rings. The number of carbonyl (C=O) groups excluding carboxylic acids is 1. The first-order valence-corrected chi connectivity index (χ1v) is 6.47. The Balaban J connectivity index is 2.34. The van der Waals surface area contributed by atoms with Gasteiger partial charge >= 0.3 is 0 Å². The molecule has 0 unspecified atom stereocenters. The second kappa shape index (κ2) is 5.55. The van der Waals surface area contributed by atoms with Crippen molar-refractivity contribution in [2.75, 3.05) is 0 Å². The number of halogens is 2. The highest BCUT2D eigenvalue weighted by molar-refractivity contribution is 9.10. The number of ketones is 1. The molecule has 0 fully saturated rings. The molecule has 0 radical (unpaired) electrons. The Bertz CT molecular complexity index is 579. The van der Waals surface area contributed by atoms with Gasteiger partial charge in [-0.2, -0.15) is 0 Å². The molecule has 0 heterocycles. The van der Waals surface area contributed by atoms with Gasteiger partial charge in [0.05, 0.1) is 5.56 Å². The van der Waals surface area contributed by atoms with Gasteiger partial charge in [-0.25, -0.2) is 0 Å². The molecular formula is C14H10BrClO2. The summed E-state index contributed by atoms with van der Waals surface area (Å²) in [6, 6.07) is 12.4. The Labute approximate surface area is 119 Å². The second-order valence-corrected chi connectivity index (χ2v) is 5.10. The van der Waals surface area contributed by atoms with Crippen LogP contribution in [0.2, 0.25) is 5.02 Å². The predicted molar refractivity (Wildman–Crippen MR) is 75.7 cm³/mol. The maximum absolute atomic E-state index is 11.5. The van der Waals surface area contributed by atoms with Gasteiger partial charge in [0.25, 0.3) is 0 Å². The molecule has 0 aliphatic rings. The van der Waals surface area contributed by atoms with Crippen molar-refractivity contribution in [3.05, 3.63) is 57.5 Å². The molecule has 0 saturated carbocycles. The van der Waals surface area contributed by atoms with Gasteiger partial charge in [0.1, 0.15) is 11.5 Å². The number of ether oxygens (including phenoxy) is 1. The normalized spacial score (nSPS) is 10.2. The van der Waals surface area contributed by atoms with Crippen LogP contribution in [-0.4, -0.2) is 5.78 Å². The zero-order chi connectivity index (χ0) is 13.1. The summed E-state index contributed by atoms with van der Waals surface area (Å²) < 4.78 is 6.65. The number of carbonyl (C=O) groups is 1. The topological polar surface area (TPSA) is 26.3 Å². The zero-order valence-electron chi connectivity index (χ0n) is 9.61. The molecular weight excluding hydrogens is 316 g/mol. The van der Waals surface area contributed by atoms with E-state index in [2.05, 4.69) is 15.9 Å². The summed E-state index contributed by atoms with van der Waals surface area (Å²) in [5.41, 5.74) is 0.477. The van der Waals surface area contributed by atoms with Crippen LogP contribution in [0.5, 0.6) is 11.5 Å². The summed E-state index contributed by atoms with van der Waals surface area (Å²) in [4.78, 5) is 11.5. The smallest absolute Gasteiger partial charge is 0.163 e. The maximum Gasteiger partial charge on any atom is 0.163 e. The van der Waals surface area contributed by atoms with Crippen molar-refractivity contribution in [2.45, 2.75) is 6.92 Å². The molecule has 2 rings (SSSR count). The van der Waals surface area contributed by atoms with Gasteiger partial charge in [0, 0.05) is 9.50 Å². The van der Waals surface area contributed by atoms with E-state index in [0.717, 1.165) is 4.47 Å². The van der Waals surface area contributed by atoms with Crippen LogP contribution in [-0.2, 0) is 0 Å². The Morgan fingerprint density at radius 1 is 1.17 bits per heavy atom. The fourth-order valence-corrected chi connectivity index (χ4v) is 1.93. The quantitative estimate of drug-likeness (QED) is 0.734. The largest absolute Gasteiger partial charge is 0.457 e. The molecule has 0 saturated heterocycles. The lowest BCUT2D eigenvalue weighted by atomic mass is 10.1. The molecule has 0 spiro atoms. The third kappa shape index (κ3) is 3.12. The van der Waals surface area contributed by atoms with Gasteiger partial charge < -0.3 is 4.74 Å². The summed E-state index contributed by atoms with van der Waals surface area (Å²) in [5, 5.41) is 0.517. The van der Waals surface area contributed by atoms with Crippen LogP contribution in [0, 0.1) is 0 Å². The highest BCUT2D eigenvalue weighted by Gasteiger charge is 2.10. The van der Waals surface area contributed by atoms with Crippen molar-refractivity contribution in [1.82, 2.24) is 0 Å². The van der Waals surface area contributed by atoms with Gasteiger partial charge in [-0.1, -0.05) is 27.5 Å². The molecule has 2 nitrogen and oxygen atoms in total. The number of Topliss-reactive ketones (excluding diaryl/α,β-unsaturated/α-hetero) is 1. The van der Waals surface area contributed by atoms with Gasteiger partial charge in [-0.3, -0.25) is 4.79 Å². The Hall–Kier alpha value is -1.32. The van der Waals surface area contributed by atoms with Crippen LogP contribution >= 0.6 is 27.5 Å². The fraction of sp³-hybridized carbons (Fsp3) is 0.0714. The third-order valence-corrected chi connectivity index (χ3v) is 3.13. The monoisotopic (exact) mass is 324 g/mol. The first-order valence-electron chi connectivity index (χ1n) is 5.30. The minimum Gasteiger partial charge on any atom is -0.457 e. The number of hydrogen-bond acceptors (Lipinski definition) is 2. The van der Waals surface area contributed by atoms with Crippen molar-refractivity contribution < 1.29 is 9.53 Å². The molecule has 0 N–H and O–H groups in total. The summed E-state index contributed by atoms with van der Waals surface area (Å²) in [6.45, 7) is 1.49. The molecule has 2 aromatic carbocycles. The van der Waals surface area contributed by atoms with E-state index in [9.17, 15) is 4.79 Å². The Morgan fingerprint density at radius 2 is 1.83 bits per heavy atom. The van der Waals surface area contributed by atoms with Crippen molar-refractivity contribution in [3.8, 4) is 11.5 Å². The van der Waals surface area contributed by atoms with Crippen molar-refractivity contribution in [2.24, 2.45) is 0 Å². The van der Waals surface area contributed by atoms with Crippen LogP contribution in [0.4, 0.5) is 0 Å². The standard InChI is InChI=1S/C14H10BrClO2/c1-9(17)13-8-11(16)4-7-14(13)18-12-5-2-10(15)3-6-12/h2-8H,1H3. The molecule has 18 heavy (non-hydrogen) atoms. The van der Waals surface area contributed by atoms with E-state index in [1.165, 1.54) is 6.92 Å². The first-order chi connectivity index (χ1) is 8.56. The van der Waals surface area contributed by atoms with Crippen molar-refractivity contribution >= 4 is 33.3 Å². The van der Waals surface area contributed by atoms with Gasteiger partial charge in [-0.05, 0) is 49.4 Å². The number of benzene rings is 2. The molecule has 0 aliphatic heterocycles. The summed E-state index contributed by atoms with van der Waals surface area (Å²) in [6.07, 6.45) is 0. The maximum atomic E-state index is 11.5. The highest BCUT2D eigenvalue weighted by atomic mass is 79.9. The third-order valence-electron chi connectivity index (χ3n) is 2.36. The van der Waals surface area contributed by atoms with E-state index in [1.807, 2.05) is 24.3 Å². The van der Waals surface area contributed by atoms with E-state index in [1.54, 1.807) is 18.2 Å². The molecule has 0 aliphatic carbocycles. The van der Waals surface area contributed by atoms with E-state index >= 15 is 0 Å². The van der Waals surface area contributed by atoms with Crippen LogP contribution in [0.15, 0.2) is 46.9 Å². The van der Waals surface area contributed by atoms with E-state index in [-0.39, 0.29) is 5.78 Å². The highest BCUT2D eigenvalue weighted by Crippen LogP contribution is 2.28. The van der Waals surface area contributed by atoms with E-state index in [4.69, 9.17) is 16.3 Å². The Kier molecular flexibility index (Phi) is 4.04. The summed E-state index contributed by atoms with van der Waals surface area (Å²) in [7, 11) is 0. The van der Waals surface area contributed by atoms with Crippen molar-refractivity contribution in [3.63, 3.8) is 0 Å². The molecule has 4 heteroatoms. The van der Waals surface area contributed by atoms with E-state index < -0.39 is 0 Å². The van der Waals surface area contributed by atoms with Gasteiger partial charge in [0.15, 0.2) is 5.78 Å². The Morgan fingerprint density at radius 3 is 2.44 bits per heavy atom. The first kappa shape index (κ1) is 13.1. The minimum atomic E-state index is -0.0791. The van der Waals surface area contributed by atoms with Crippen LogP contribution in [0.1, 0.15) is 17.3 Å². The summed E-state index contributed by atoms with van der Waals surface area (Å²) >= 11 is 9.22. The number of rotatable bonds is 3. The van der Waals surface area contributed by atoms with Gasteiger partial charge in [0.2, 0.25) is 0 Å². The molecule has 0 bridgehead atoms. The number of hydrogen-bond donors (Lipinski definition) is 0. The van der Waals surface area contributed by atoms with Crippen LogP contribution < -0.4 is 4.74 Å². The molecule has 0 atom stereocenters. The molecule has 0 aromatic heterocycles. The SMILES string of the molecule is CC(=O)c1cc(Cl)ccc1Oc1ccc(Br)cc1. The van der Waals surface area contributed by atoms with E-state index in [0.29, 0.717) is 22.1 Å². The molecule has 0 amide bonds. The lowest BCUT2D eigenvalue weighted by molar-refractivity contribution is 0.101. The lowest BCUT2D eigenvalue weighted by Gasteiger charge is -2.09. The lowest BCUT2D eigenvalue weighted by Crippen LogP contribution is -1.97. The minimum absolute atomic E-state index is 0.0791. The fourth-order valence-electron chi connectivity index (χ4n) is 1.50. The summed E-state index contributed by atoms with van der Waals surface area (Å²) in [5.74, 6) is 1.10. The van der Waals surface area contributed by atoms with Crippen molar-refractivity contribution in [1.29, 1.82) is 0 Å². The average Bonchev–Trinajstić information content (AvgIpc) is 2.34. The average molecular weight is 326 g/mol. The molecule has 92 valence electrons. The van der Waals surface area contributed by atoms with Gasteiger partial charge in [-0.15, -0.1) is 0 Å². The van der Waals surface area contributed by atoms with Crippen LogP contribution in [0.25, 0.3) is 0 Å². The zero-order valence-corrected chi connectivity index (χ0v) is 12.0.